The minimum Gasteiger partial charge on any atom is -0.489 e. The Morgan fingerprint density at radius 1 is 0.457 bits per heavy atom. The zero-order valence-corrected chi connectivity index (χ0v) is 20.1. The molecule has 0 heterocycles. The Kier molecular flexibility index (Phi) is 5.96. The molecule has 0 aromatic heterocycles. The van der Waals surface area contributed by atoms with Crippen LogP contribution in [0.15, 0.2) is 154 Å². The first-order chi connectivity index (χ1) is 17.4. The van der Waals surface area contributed by atoms with Crippen molar-refractivity contribution in [2.45, 2.75) is 21.3 Å². The fourth-order valence-electron chi connectivity index (χ4n) is 4.63. The predicted molar refractivity (Wildman–Crippen MR) is 147 cm³/mol. The summed E-state index contributed by atoms with van der Waals surface area (Å²) in [5.74, 6) is 0.892. The van der Waals surface area contributed by atoms with Crippen LogP contribution < -0.4 is 4.74 Å². The number of benzene rings is 6. The lowest BCUT2D eigenvalue weighted by Gasteiger charge is -2.14. The third-order valence-corrected chi connectivity index (χ3v) is 8.48. The lowest BCUT2D eigenvalue weighted by atomic mass is 9.97. The normalized spacial score (nSPS) is 11.2. The molecule has 1 nitrogen and oxygen atoms in total. The van der Waals surface area contributed by atoms with E-state index >= 15 is 0 Å². The van der Waals surface area contributed by atoms with Crippen LogP contribution in [-0.2, 0) is 17.5 Å². The van der Waals surface area contributed by atoms with Crippen LogP contribution in [0.1, 0.15) is 5.56 Å². The summed E-state index contributed by atoms with van der Waals surface area (Å²) < 4.78 is 6.48. The Morgan fingerprint density at radius 3 is 1.57 bits per heavy atom. The fourth-order valence-corrected chi connectivity index (χ4v) is 6.76. The van der Waals surface area contributed by atoms with E-state index in [0.29, 0.717) is 6.61 Å². The number of fused-ring (bicyclic) bond motifs is 2. The Hall–Kier alpha value is -4.01. The summed E-state index contributed by atoms with van der Waals surface area (Å²) in [5.41, 5.74) is 1.23. The van der Waals surface area contributed by atoms with E-state index in [1.165, 1.54) is 41.8 Å². The van der Waals surface area contributed by atoms with Crippen LogP contribution in [0, 0.1) is 0 Å². The van der Waals surface area contributed by atoms with E-state index in [0.717, 1.165) is 5.75 Å². The first-order valence-corrected chi connectivity index (χ1v) is 13.1. The number of ether oxygens (including phenoxy) is 1. The molecule has 0 aliphatic heterocycles. The molecule has 0 amide bonds. The summed E-state index contributed by atoms with van der Waals surface area (Å²) in [5, 5.41) is 4.98. The summed E-state index contributed by atoms with van der Waals surface area (Å²) in [6.07, 6.45) is 0. The largest absolute Gasteiger partial charge is 0.489 e. The maximum atomic E-state index is 6.48. The third-order valence-electron chi connectivity index (χ3n) is 6.27. The lowest BCUT2D eigenvalue weighted by molar-refractivity contribution is 0.308. The van der Waals surface area contributed by atoms with Gasteiger partial charge in [0.2, 0.25) is 0 Å². The molecule has 35 heavy (non-hydrogen) atoms. The van der Waals surface area contributed by atoms with E-state index in [-0.39, 0.29) is 10.9 Å². The molecule has 0 aliphatic rings. The van der Waals surface area contributed by atoms with Crippen LogP contribution in [-0.4, -0.2) is 0 Å². The standard InChI is InChI=1S/C33H25OS/c1-3-15-28(16-4-1)35(29-17-5-2-6-18-29)30-19-11-14-27(23-30)34-24-33-31-20-9-7-12-25(31)22-26-13-8-10-21-32(26)33/h1-23H,24H2/q+1. The van der Waals surface area contributed by atoms with Gasteiger partial charge in [0.05, 0.1) is 10.9 Å². The topological polar surface area (TPSA) is 9.23 Å². The average Bonchev–Trinajstić information content (AvgIpc) is 2.93. The Balaban J connectivity index is 1.37. The second kappa shape index (κ2) is 9.69. The van der Waals surface area contributed by atoms with E-state index in [1.54, 1.807) is 0 Å². The van der Waals surface area contributed by atoms with Crippen molar-refractivity contribution in [1.29, 1.82) is 0 Å². The molecule has 0 fully saturated rings. The van der Waals surface area contributed by atoms with Gasteiger partial charge in [0, 0.05) is 11.6 Å². The first-order valence-electron chi connectivity index (χ1n) is 11.8. The highest BCUT2D eigenvalue weighted by atomic mass is 32.2. The SMILES string of the molecule is c1ccc([S+](c2ccccc2)c2cccc(OCc3c4ccccc4cc4ccccc34)c2)cc1. The second-order valence-corrected chi connectivity index (χ2v) is 10.5. The van der Waals surface area contributed by atoms with Crippen molar-refractivity contribution in [3.63, 3.8) is 0 Å². The minimum absolute atomic E-state index is 0.198. The van der Waals surface area contributed by atoms with Gasteiger partial charge in [-0.1, -0.05) is 91.0 Å². The maximum Gasteiger partial charge on any atom is 0.170 e. The Morgan fingerprint density at radius 2 is 0.971 bits per heavy atom. The lowest BCUT2D eigenvalue weighted by Crippen LogP contribution is -2.05. The van der Waals surface area contributed by atoms with E-state index in [2.05, 4.69) is 140 Å². The van der Waals surface area contributed by atoms with Crippen molar-refractivity contribution in [3.8, 4) is 5.75 Å². The number of rotatable bonds is 6. The predicted octanol–water partition coefficient (Wildman–Crippen LogP) is 8.67. The van der Waals surface area contributed by atoms with Crippen LogP contribution in [0.25, 0.3) is 21.5 Å². The highest BCUT2D eigenvalue weighted by molar-refractivity contribution is 7.97. The summed E-state index contributed by atoms with van der Waals surface area (Å²) in [6.45, 7) is 0.524. The maximum absolute atomic E-state index is 6.48. The molecule has 0 unspecified atom stereocenters. The van der Waals surface area contributed by atoms with Gasteiger partial charge in [-0.3, -0.25) is 0 Å². The third kappa shape index (κ3) is 4.41. The first kappa shape index (κ1) is 21.5. The summed E-state index contributed by atoms with van der Waals surface area (Å²) in [4.78, 5) is 3.86. The summed E-state index contributed by atoms with van der Waals surface area (Å²) in [6, 6.07) is 49.5. The smallest absolute Gasteiger partial charge is 0.170 e. The Bertz CT molecular complexity index is 1500. The van der Waals surface area contributed by atoms with E-state index in [9.17, 15) is 0 Å². The van der Waals surface area contributed by atoms with Crippen molar-refractivity contribution < 1.29 is 4.74 Å². The average molecular weight is 470 g/mol. The van der Waals surface area contributed by atoms with Crippen molar-refractivity contribution in [1.82, 2.24) is 0 Å². The molecule has 6 aromatic rings. The molecule has 6 rings (SSSR count). The molecule has 168 valence electrons. The van der Waals surface area contributed by atoms with Crippen LogP contribution in [0.2, 0.25) is 0 Å². The molecule has 6 aromatic carbocycles. The van der Waals surface area contributed by atoms with Gasteiger partial charge in [-0.25, -0.2) is 0 Å². The van der Waals surface area contributed by atoms with Crippen molar-refractivity contribution in [2.24, 2.45) is 0 Å². The van der Waals surface area contributed by atoms with Gasteiger partial charge in [0.1, 0.15) is 12.4 Å². The molecular formula is C33H25OS+. The van der Waals surface area contributed by atoms with E-state index < -0.39 is 0 Å². The fraction of sp³-hybridized carbons (Fsp3) is 0.0303. The van der Waals surface area contributed by atoms with Gasteiger partial charge in [0.25, 0.3) is 0 Å². The Labute approximate surface area is 209 Å². The van der Waals surface area contributed by atoms with E-state index in [4.69, 9.17) is 4.74 Å². The molecule has 0 spiro atoms. The quantitative estimate of drug-likeness (QED) is 0.175. The highest BCUT2D eigenvalue weighted by Gasteiger charge is 2.28. The van der Waals surface area contributed by atoms with Crippen LogP contribution in [0.3, 0.4) is 0 Å². The van der Waals surface area contributed by atoms with E-state index in [1.807, 2.05) is 0 Å². The summed E-state index contributed by atoms with van der Waals surface area (Å²) in [7, 11) is -0.198. The molecule has 0 saturated carbocycles. The zero-order valence-electron chi connectivity index (χ0n) is 19.3. The van der Waals surface area contributed by atoms with Gasteiger partial charge >= 0.3 is 0 Å². The van der Waals surface area contributed by atoms with Crippen molar-refractivity contribution >= 4 is 32.4 Å². The van der Waals surface area contributed by atoms with Gasteiger partial charge in [0.15, 0.2) is 14.7 Å². The van der Waals surface area contributed by atoms with Gasteiger partial charge in [-0.2, -0.15) is 0 Å². The second-order valence-electron chi connectivity index (χ2n) is 8.49. The molecular weight excluding hydrogens is 444 g/mol. The number of hydrogen-bond donors (Lipinski definition) is 0. The van der Waals surface area contributed by atoms with Crippen LogP contribution >= 0.6 is 0 Å². The van der Waals surface area contributed by atoms with Crippen LogP contribution in [0.4, 0.5) is 0 Å². The highest BCUT2D eigenvalue weighted by Crippen LogP contribution is 2.34. The zero-order chi connectivity index (χ0) is 23.5. The molecule has 0 radical (unpaired) electrons. The molecule has 0 N–H and O–H groups in total. The van der Waals surface area contributed by atoms with Crippen molar-refractivity contribution in [3.05, 3.63) is 145 Å². The summed E-state index contributed by atoms with van der Waals surface area (Å²) >= 11 is 0. The van der Waals surface area contributed by atoms with Crippen LogP contribution in [0.5, 0.6) is 5.75 Å². The van der Waals surface area contributed by atoms with Gasteiger partial charge in [-0.15, -0.1) is 0 Å². The molecule has 2 heteroatoms. The molecule has 0 atom stereocenters. The van der Waals surface area contributed by atoms with Gasteiger partial charge < -0.3 is 4.74 Å². The molecule has 0 aliphatic carbocycles. The molecule has 0 saturated heterocycles. The van der Waals surface area contributed by atoms with Crippen molar-refractivity contribution in [2.75, 3.05) is 0 Å². The van der Waals surface area contributed by atoms with Gasteiger partial charge in [-0.05, 0) is 64.0 Å². The molecule has 0 bridgehead atoms. The number of hydrogen-bond acceptors (Lipinski definition) is 1. The minimum atomic E-state index is -0.198. The monoisotopic (exact) mass is 469 g/mol.